The smallest absolute Gasteiger partial charge is 0.248 e. The number of nitrogens with zero attached hydrogens (tertiary/aromatic N) is 2. The Kier molecular flexibility index (Phi) is 3.90. The second kappa shape index (κ2) is 5.26. The van der Waals surface area contributed by atoms with E-state index in [1.165, 1.54) is 0 Å². The minimum Gasteiger partial charge on any atom is -0.321 e. The number of halogens is 2. The first kappa shape index (κ1) is 13.3. The van der Waals surface area contributed by atoms with Crippen LogP contribution in [0.2, 0.25) is 0 Å². The molecule has 0 aliphatic heterocycles. The van der Waals surface area contributed by atoms with E-state index in [0.717, 1.165) is 12.0 Å². The molecule has 0 radical (unpaired) electrons. The summed E-state index contributed by atoms with van der Waals surface area (Å²) in [6.45, 7) is 1.90. The summed E-state index contributed by atoms with van der Waals surface area (Å²) >= 11 is 0. The van der Waals surface area contributed by atoms with Gasteiger partial charge in [0.25, 0.3) is 0 Å². The first-order valence-electron chi connectivity index (χ1n) is 6.38. The van der Waals surface area contributed by atoms with Crippen LogP contribution in [0.15, 0.2) is 12.4 Å². The first-order chi connectivity index (χ1) is 8.46. The Hall–Kier alpha value is -1.10. The molecule has 0 saturated heterocycles. The van der Waals surface area contributed by atoms with E-state index in [1.54, 1.807) is 12.4 Å². The maximum absolute atomic E-state index is 13.3. The van der Waals surface area contributed by atoms with Crippen molar-refractivity contribution in [2.75, 3.05) is 0 Å². The van der Waals surface area contributed by atoms with Crippen molar-refractivity contribution in [2.24, 2.45) is 11.7 Å². The molecule has 2 unspecified atom stereocenters. The molecule has 0 spiro atoms. The van der Waals surface area contributed by atoms with Gasteiger partial charge in [-0.1, -0.05) is 0 Å². The number of alkyl halides is 2. The topological polar surface area (TPSA) is 51.8 Å². The normalized spacial score (nSPS) is 24.8. The van der Waals surface area contributed by atoms with Gasteiger partial charge < -0.3 is 5.73 Å². The van der Waals surface area contributed by atoms with Gasteiger partial charge in [-0.05, 0) is 37.7 Å². The molecular weight excluding hydrogens is 236 g/mol. The van der Waals surface area contributed by atoms with E-state index in [-0.39, 0.29) is 24.8 Å². The Labute approximate surface area is 106 Å². The van der Waals surface area contributed by atoms with Gasteiger partial charge in [0.05, 0.1) is 6.04 Å². The zero-order valence-electron chi connectivity index (χ0n) is 10.6. The van der Waals surface area contributed by atoms with Crippen LogP contribution in [0.4, 0.5) is 8.78 Å². The molecule has 1 heterocycles. The Morgan fingerprint density at radius 3 is 2.72 bits per heavy atom. The van der Waals surface area contributed by atoms with Crippen molar-refractivity contribution in [3.63, 3.8) is 0 Å². The van der Waals surface area contributed by atoms with Gasteiger partial charge in [-0.3, -0.25) is 0 Å². The molecule has 100 valence electrons. The van der Waals surface area contributed by atoms with Gasteiger partial charge in [0.2, 0.25) is 5.92 Å². The van der Waals surface area contributed by atoms with E-state index in [0.29, 0.717) is 18.7 Å². The van der Waals surface area contributed by atoms with E-state index < -0.39 is 5.92 Å². The van der Waals surface area contributed by atoms with Crippen LogP contribution < -0.4 is 5.73 Å². The minimum absolute atomic E-state index is 0.0137. The summed E-state index contributed by atoms with van der Waals surface area (Å²) in [5.41, 5.74) is 6.96. The summed E-state index contributed by atoms with van der Waals surface area (Å²) in [6, 6.07) is -0.343. The predicted octanol–water partition coefficient (Wildman–Crippen LogP) is 3.00. The van der Waals surface area contributed by atoms with Gasteiger partial charge in [-0.2, -0.15) is 0 Å². The maximum atomic E-state index is 13.3. The molecule has 0 bridgehead atoms. The van der Waals surface area contributed by atoms with Gasteiger partial charge in [0.15, 0.2) is 0 Å². The van der Waals surface area contributed by atoms with E-state index in [1.807, 2.05) is 6.92 Å². The van der Waals surface area contributed by atoms with E-state index in [4.69, 9.17) is 5.73 Å². The van der Waals surface area contributed by atoms with Crippen LogP contribution in [0.5, 0.6) is 0 Å². The molecule has 3 nitrogen and oxygen atoms in total. The highest BCUT2D eigenvalue weighted by molar-refractivity contribution is 5.04. The van der Waals surface area contributed by atoms with Crippen molar-refractivity contribution in [1.82, 2.24) is 9.97 Å². The maximum Gasteiger partial charge on any atom is 0.248 e. The van der Waals surface area contributed by atoms with Crippen molar-refractivity contribution < 1.29 is 8.78 Å². The van der Waals surface area contributed by atoms with Crippen LogP contribution in [0, 0.1) is 12.8 Å². The summed E-state index contributed by atoms with van der Waals surface area (Å²) in [6.07, 6.45) is 5.33. The number of hydrogen-bond acceptors (Lipinski definition) is 3. The van der Waals surface area contributed by atoms with E-state index in [2.05, 4.69) is 9.97 Å². The SMILES string of the molecule is Cc1cnc(C(N)CC2CCCC(F)(F)C2)nc1. The molecule has 1 aromatic heterocycles. The molecule has 5 heteroatoms. The minimum atomic E-state index is -2.52. The zero-order valence-corrected chi connectivity index (χ0v) is 10.6. The fourth-order valence-corrected chi connectivity index (χ4v) is 2.54. The van der Waals surface area contributed by atoms with Crippen LogP contribution >= 0.6 is 0 Å². The van der Waals surface area contributed by atoms with E-state index in [9.17, 15) is 8.78 Å². The van der Waals surface area contributed by atoms with Crippen molar-refractivity contribution in [3.05, 3.63) is 23.8 Å². The molecule has 1 aliphatic rings. The fraction of sp³-hybridized carbons (Fsp3) is 0.692. The average Bonchev–Trinajstić information content (AvgIpc) is 2.28. The highest BCUT2D eigenvalue weighted by atomic mass is 19.3. The van der Waals surface area contributed by atoms with Crippen LogP contribution in [-0.4, -0.2) is 15.9 Å². The van der Waals surface area contributed by atoms with Gasteiger partial charge in [0.1, 0.15) is 5.82 Å². The lowest BCUT2D eigenvalue weighted by molar-refractivity contribution is -0.0544. The quantitative estimate of drug-likeness (QED) is 0.903. The van der Waals surface area contributed by atoms with Gasteiger partial charge in [0, 0.05) is 25.2 Å². The second-order valence-electron chi connectivity index (χ2n) is 5.28. The third-order valence-electron chi connectivity index (χ3n) is 3.46. The molecule has 0 aromatic carbocycles. The van der Waals surface area contributed by atoms with E-state index >= 15 is 0 Å². The largest absolute Gasteiger partial charge is 0.321 e. The average molecular weight is 255 g/mol. The molecule has 2 atom stereocenters. The Balaban J connectivity index is 1.94. The number of nitrogens with two attached hydrogens (primary N) is 1. The van der Waals surface area contributed by atoms with Crippen molar-refractivity contribution in [1.29, 1.82) is 0 Å². The second-order valence-corrected chi connectivity index (χ2v) is 5.28. The third kappa shape index (κ3) is 3.45. The van der Waals surface area contributed by atoms with Crippen molar-refractivity contribution in [3.8, 4) is 0 Å². The highest BCUT2D eigenvalue weighted by Gasteiger charge is 2.36. The molecule has 2 rings (SSSR count). The molecule has 1 saturated carbocycles. The molecule has 1 fully saturated rings. The number of aromatic nitrogens is 2. The summed E-state index contributed by atoms with van der Waals surface area (Å²) in [5.74, 6) is -1.99. The standard InChI is InChI=1S/C13H19F2N3/c1-9-7-17-12(18-8-9)11(16)5-10-3-2-4-13(14,15)6-10/h7-8,10-11H,2-6,16H2,1H3. The predicted molar refractivity (Wildman–Crippen MR) is 65.2 cm³/mol. The Morgan fingerprint density at radius 1 is 1.44 bits per heavy atom. The van der Waals surface area contributed by atoms with Gasteiger partial charge in [-0.15, -0.1) is 0 Å². The lowest BCUT2D eigenvalue weighted by Gasteiger charge is -2.30. The number of rotatable bonds is 3. The molecule has 18 heavy (non-hydrogen) atoms. The van der Waals surface area contributed by atoms with Crippen LogP contribution in [-0.2, 0) is 0 Å². The van der Waals surface area contributed by atoms with Gasteiger partial charge >= 0.3 is 0 Å². The first-order valence-corrected chi connectivity index (χ1v) is 6.38. The number of hydrogen-bond donors (Lipinski definition) is 1. The molecule has 0 amide bonds. The summed E-state index contributed by atoms with van der Waals surface area (Å²) < 4.78 is 26.6. The van der Waals surface area contributed by atoms with Crippen LogP contribution in [0.25, 0.3) is 0 Å². The summed E-state index contributed by atoms with van der Waals surface area (Å²) in [4.78, 5) is 8.31. The third-order valence-corrected chi connectivity index (χ3v) is 3.46. The van der Waals surface area contributed by atoms with Crippen LogP contribution in [0.1, 0.15) is 49.5 Å². The Morgan fingerprint density at radius 2 is 2.11 bits per heavy atom. The lowest BCUT2D eigenvalue weighted by Crippen LogP contribution is -2.28. The monoisotopic (exact) mass is 255 g/mol. The summed E-state index contributed by atoms with van der Waals surface area (Å²) in [5, 5.41) is 0. The number of aryl methyl sites for hydroxylation is 1. The van der Waals surface area contributed by atoms with Crippen molar-refractivity contribution in [2.45, 2.75) is 51.0 Å². The van der Waals surface area contributed by atoms with Crippen LogP contribution in [0.3, 0.4) is 0 Å². The fourth-order valence-electron chi connectivity index (χ4n) is 2.54. The lowest BCUT2D eigenvalue weighted by atomic mass is 9.82. The molecular formula is C13H19F2N3. The summed E-state index contributed by atoms with van der Waals surface area (Å²) in [7, 11) is 0. The molecule has 1 aliphatic carbocycles. The highest BCUT2D eigenvalue weighted by Crippen LogP contribution is 2.39. The zero-order chi connectivity index (χ0) is 13.2. The van der Waals surface area contributed by atoms with Gasteiger partial charge in [-0.25, -0.2) is 18.7 Å². The molecule has 2 N–H and O–H groups in total. The Bertz CT molecular complexity index is 392. The van der Waals surface area contributed by atoms with Crippen molar-refractivity contribution >= 4 is 0 Å². The molecule has 1 aromatic rings.